The van der Waals surface area contributed by atoms with Gasteiger partial charge < -0.3 is 15.0 Å². The van der Waals surface area contributed by atoms with E-state index >= 15 is 0 Å². The summed E-state index contributed by atoms with van der Waals surface area (Å²) in [4.78, 5) is 13.8. The molecule has 0 aromatic carbocycles. The van der Waals surface area contributed by atoms with E-state index in [0.717, 1.165) is 32.4 Å². The molecule has 17 heavy (non-hydrogen) atoms. The SMILES string of the molecule is COC(=O)C(NCCCN(C)C(C)C)C1CC1. The number of ether oxygens (including phenoxy) is 1. The zero-order valence-electron chi connectivity index (χ0n) is 11.5. The Balaban J connectivity index is 2.17. The molecule has 0 bridgehead atoms. The van der Waals surface area contributed by atoms with E-state index in [9.17, 15) is 4.79 Å². The van der Waals surface area contributed by atoms with Crippen molar-refractivity contribution in [2.75, 3.05) is 27.2 Å². The van der Waals surface area contributed by atoms with Crippen LogP contribution in [0, 0.1) is 5.92 Å². The molecule has 1 aliphatic carbocycles. The number of hydrogen-bond donors (Lipinski definition) is 1. The van der Waals surface area contributed by atoms with Gasteiger partial charge in [0.1, 0.15) is 6.04 Å². The third-order valence-electron chi connectivity index (χ3n) is 3.48. The lowest BCUT2D eigenvalue weighted by Crippen LogP contribution is -2.41. The van der Waals surface area contributed by atoms with Crippen molar-refractivity contribution in [2.45, 2.75) is 45.2 Å². The summed E-state index contributed by atoms with van der Waals surface area (Å²) in [5, 5.41) is 3.33. The fourth-order valence-electron chi connectivity index (χ4n) is 1.84. The molecule has 100 valence electrons. The molecular formula is C13H26N2O2. The zero-order chi connectivity index (χ0) is 12.8. The fourth-order valence-corrected chi connectivity index (χ4v) is 1.84. The number of esters is 1. The van der Waals surface area contributed by atoms with Gasteiger partial charge in [-0.1, -0.05) is 0 Å². The predicted molar refractivity (Wildman–Crippen MR) is 68.9 cm³/mol. The maximum atomic E-state index is 11.5. The first kappa shape index (κ1) is 14.5. The average Bonchev–Trinajstić information content (AvgIpc) is 3.11. The molecule has 0 amide bonds. The van der Waals surface area contributed by atoms with Crippen molar-refractivity contribution < 1.29 is 9.53 Å². The van der Waals surface area contributed by atoms with Gasteiger partial charge in [0.25, 0.3) is 0 Å². The smallest absolute Gasteiger partial charge is 0.323 e. The summed E-state index contributed by atoms with van der Waals surface area (Å²) < 4.78 is 4.82. The van der Waals surface area contributed by atoms with Gasteiger partial charge in [0.15, 0.2) is 0 Å². The molecule has 0 aromatic heterocycles. The Morgan fingerprint density at radius 3 is 2.59 bits per heavy atom. The van der Waals surface area contributed by atoms with Gasteiger partial charge in [0.05, 0.1) is 7.11 Å². The number of carbonyl (C=O) groups is 1. The molecule has 1 rings (SSSR count). The van der Waals surface area contributed by atoms with Gasteiger partial charge in [-0.05, 0) is 59.2 Å². The molecule has 1 atom stereocenters. The number of rotatable bonds is 8. The van der Waals surface area contributed by atoms with Crippen molar-refractivity contribution in [3.05, 3.63) is 0 Å². The zero-order valence-corrected chi connectivity index (χ0v) is 11.5. The number of nitrogens with zero attached hydrogens (tertiary/aromatic N) is 1. The lowest BCUT2D eigenvalue weighted by Gasteiger charge is -2.21. The van der Waals surface area contributed by atoms with Crippen LogP contribution in [0.25, 0.3) is 0 Å². The largest absolute Gasteiger partial charge is 0.468 e. The number of carbonyl (C=O) groups excluding carboxylic acids is 1. The second-order valence-corrected chi connectivity index (χ2v) is 5.22. The van der Waals surface area contributed by atoms with Crippen LogP contribution in [0.15, 0.2) is 0 Å². The van der Waals surface area contributed by atoms with Crippen LogP contribution in [0.4, 0.5) is 0 Å². The molecule has 4 nitrogen and oxygen atoms in total. The van der Waals surface area contributed by atoms with Crippen LogP contribution in [0.5, 0.6) is 0 Å². The summed E-state index contributed by atoms with van der Waals surface area (Å²) in [6, 6.07) is 0.499. The third-order valence-corrected chi connectivity index (χ3v) is 3.48. The van der Waals surface area contributed by atoms with E-state index in [-0.39, 0.29) is 12.0 Å². The predicted octanol–water partition coefficient (Wildman–Crippen LogP) is 1.26. The van der Waals surface area contributed by atoms with Crippen LogP contribution in [0.2, 0.25) is 0 Å². The molecule has 0 spiro atoms. The van der Waals surface area contributed by atoms with Crippen LogP contribution >= 0.6 is 0 Å². The first-order chi connectivity index (χ1) is 8.06. The normalized spacial score (nSPS) is 17.5. The first-order valence-corrected chi connectivity index (χ1v) is 6.57. The van der Waals surface area contributed by atoms with Crippen molar-refractivity contribution in [3.63, 3.8) is 0 Å². The van der Waals surface area contributed by atoms with Crippen LogP contribution in [-0.2, 0) is 9.53 Å². The molecule has 1 unspecified atom stereocenters. The number of hydrogen-bond acceptors (Lipinski definition) is 4. The fraction of sp³-hybridized carbons (Fsp3) is 0.923. The Bertz CT molecular complexity index is 240. The standard InChI is InChI=1S/C13H26N2O2/c1-10(2)15(3)9-5-8-14-12(11-6-7-11)13(16)17-4/h10-12,14H,5-9H2,1-4H3. The summed E-state index contributed by atoms with van der Waals surface area (Å²) >= 11 is 0. The Morgan fingerprint density at radius 1 is 1.47 bits per heavy atom. The summed E-state index contributed by atoms with van der Waals surface area (Å²) in [6.07, 6.45) is 3.37. The van der Waals surface area contributed by atoms with Crippen molar-refractivity contribution in [1.82, 2.24) is 10.2 Å². The van der Waals surface area contributed by atoms with Gasteiger partial charge in [-0.3, -0.25) is 4.79 Å². The van der Waals surface area contributed by atoms with E-state index in [2.05, 4.69) is 31.1 Å². The first-order valence-electron chi connectivity index (χ1n) is 6.57. The summed E-state index contributed by atoms with van der Waals surface area (Å²) in [5.41, 5.74) is 0. The van der Waals surface area contributed by atoms with Gasteiger partial charge in [-0.15, -0.1) is 0 Å². The highest BCUT2D eigenvalue weighted by Gasteiger charge is 2.36. The van der Waals surface area contributed by atoms with Gasteiger partial charge in [0, 0.05) is 6.04 Å². The van der Waals surface area contributed by atoms with Crippen LogP contribution in [-0.4, -0.2) is 50.2 Å². The Labute approximate surface area is 105 Å². The number of nitrogens with one attached hydrogen (secondary N) is 1. The van der Waals surface area contributed by atoms with Gasteiger partial charge in [-0.2, -0.15) is 0 Å². The van der Waals surface area contributed by atoms with E-state index in [1.807, 2.05) is 0 Å². The van der Waals surface area contributed by atoms with Crippen molar-refractivity contribution in [2.24, 2.45) is 5.92 Å². The lowest BCUT2D eigenvalue weighted by atomic mass is 10.2. The quantitative estimate of drug-likeness (QED) is 0.514. The summed E-state index contributed by atoms with van der Waals surface area (Å²) in [6.45, 7) is 6.32. The van der Waals surface area contributed by atoms with Crippen LogP contribution in [0.3, 0.4) is 0 Å². The minimum atomic E-state index is -0.107. The molecule has 0 saturated heterocycles. The molecule has 1 N–H and O–H groups in total. The van der Waals surface area contributed by atoms with Crippen molar-refractivity contribution in [1.29, 1.82) is 0 Å². The van der Waals surface area contributed by atoms with E-state index in [1.54, 1.807) is 0 Å². The van der Waals surface area contributed by atoms with Gasteiger partial charge >= 0.3 is 5.97 Å². The maximum absolute atomic E-state index is 11.5. The van der Waals surface area contributed by atoms with Crippen molar-refractivity contribution >= 4 is 5.97 Å². The molecule has 0 heterocycles. The van der Waals surface area contributed by atoms with Gasteiger partial charge in [-0.25, -0.2) is 0 Å². The Morgan fingerprint density at radius 2 is 2.12 bits per heavy atom. The van der Waals surface area contributed by atoms with Crippen molar-refractivity contribution in [3.8, 4) is 0 Å². The number of methoxy groups -OCH3 is 1. The Kier molecular flexibility index (Phi) is 5.92. The summed E-state index contributed by atoms with van der Waals surface area (Å²) in [7, 11) is 3.59. The monoisotopic (exact) mass is 242 g/mol. The highest BCUT2D eigenvalue weighted by molar-refractivity contribution is 5.76. The summed E-state index contributed by atoms with van der Waals surface area (Å²) in [5.74, 6) is 0.398. The highest BCUT2D eigenvalue weighted by atomic mass is 16.5. The molecule has 1 fully saturated rings. The average molecular weight is 242 g/mol. The minimum absolute atomic E-state index is 0.0793. The van der Waals surface area contributed by atoms with Crippen LogP contribution < -0.4 is 5.32 Å². The molecule has 0 aromatic rings. The topological polar surface area (TPSA) is 41.6 Å². The lowest BCUT2D eigenvalue weighted by molar-refractivity contribution is -0.143. The maximum Gasteiger partial charge on any atom is 0.323 e. The van der Waals surface area contributed by atoms with Crippen LogP contribution in [0.1, 0.15) is 33.1 Å². The molecule has 4 heteroatoms. The third kappa shape index (κ3) is 5.04. The molecule has 0 aliphatic heterocycles. The molecular weight excluding hydrogens is 216 g/mol. The molecule has 0 radical (unpaired) electrons. The second kappa shape index (κ2) is 6.97. The second-order valence-electron chi connectivity index (χ2n) is 5.22. The Hall–Kier alpha value is -0.610. The van der Waals surface area contributed by atoms with E-state index < -0.39 is 0 Å². The van der Waals surface area contributed by atoms with E-state index in [1.165, 1.54) is 7.11 Å². The highest BCUT2D eigenvalue weighted by Crippen LogP contribution is 2.33. The molecule has 1 aliphatic rings. The molecule has 1 saturated carbocycles. The van der Waals surface area contributed by atoms with E-state index in [4.69, 9.17) is 4.74 Å². The van der Waals surface area contributed by atoms with Gasteiger partial charge in [0.2, 0.25) is 0 Å². The van der Waals surface area contributed by atoms with E-state index in [0.29, 0.717) is 12.0 Å². The minimum Gasteiger partial charge on any atom is -0.468 e.